The van der Waals surface area contributed by atoms with Crippen LogP contribution in [0.3, 0.4) is 0 Å². The standard InChI is InChI=1S/C16H21NO2/c1-14(12-17)8-4-2-7-11-16(18)19-13-15-9-5-3-6-10-15/h3,5-6,9-10,14H,2,4,7-8,11,13H2,1H3. The lowest BCUT2D eigenvalue weighted by Crippen LogP contribution is -2.04. The zero-order valence-electron chi connectivity index (χ0n) is 11.5. The highest BCUT2D eigenvalue weighted by molar-refractivity contribution is 5.69. The summed E-state index contributed by atoms with van der Waals surface area (Å²) in [7, 11) is 0. The number of hydrogen-bond acceptors (Lipinski definition) is 3. The van der Waals surface area contributed by atoms with E-state index in [1.54, 1.807) is 0 Å². The summed E-state index contributed by atoms with van der Waals surface area (Å²) in [5, 5.41) is 8.63. The van der Waals surface area contributed by atoms with Gasteiger partial charge in [0.15, 0.2) is 0 Å². The average Bonchev–Trinajstić information content (AvgIpc) is 2.45. The summed E-state index contributed by atoms with van der Waals surface area (Å²) >= 11 is 0. The summed E-state index contributed by atoms with van der Waals surface area (Å²) in [5.41, 5.74) is 1.01. The fourth-order valence-corrected chi connectivity index (χ4v) is 1.77. The number of rotatable bonds is 8. The molecule has 0 saturated carbocycles. The monoisotopic (exact) mass is 259 g/mol. The van der Waals surface area contributed by atoms with Crippen molar-refractivity contribution in [2.45, 2.75) is 45.6 Å². The minimum absolute atomic E-state index is 0.116. The number of carbonyl (C=O) groups excluding carboxylic acids is 1. The molecule has 1 rings (SSSR count). The van der Waals surface area contributed by atoms with Crippen molar-refractivity contribution >= 4 is 5.97 Å². The SMILES string of the molecule is CC(C#N)CCCCCC(=O)OCc1ccccc1. The molecule has 0 aliphatic heterocycles. The van der Waals surface area contributed by atoms with Gasteiger partial charge in [-0.1, -0.05) is 43.2 Å². The second-order valence-corrected chi connectivity index (χ2v) is 4.78. The van der Waals surface area contributed by atoms with Crippen LogP contribution in [0.15, 0.2) is 30.3 Å². The highest BCUT2D eigenvalue weighted by Gasteiger charge is 2.04. The molecule has 0 heterocycles. The smallest absolute Gasteiger partial charge is 0.306 e. The third kappa shape index (κ3) is 7.25. The van der Waals surface area contributed by atoms with E-state index in [-0.39, 0.29) is 11.9 Å². The van der Waals surface area contributed by atoms with Gasteiger partial charge in [0.2, 0.25) is 0 Å². The van der Waals surface area contributed by atoms with Crippen molar-refractivity contribution in [2.24, 2.45) is 5.92 Å². The number of ether oxygens (including phenoxy) is 1. The van der Waals surface area contributed by atoms with Crippen molar-refractivity contribution in [1.82, 2.24) is 0 Å². The van der Waals surface area contributed by atoms with E-state index in [9.17, 15) is 4.79 Å². The molecule has 0 saturated heterocycles. The summed E-state index contributed by atoms with van der Waals surface area (Å²) in [6.07, 6.45) is 4.20. The van der Waals surface area contributed by atoms with Crippen LogP contribution in [0.4, 0.5) is 0 Å². The predicted molar refractivity (Wildman–Crippen MR) is 74.1 cm³/mol. The zero-order valence-corrected chi connectivity index (χ0v) is 11.5. The van der Waals surface area contributed by atoms with E-state index < -0.39 is 0 Å². The normalized spacial score (nSPS) is 11.6. The molecule has 0 amide bonds. The molecule has 1 aromatic carbocycles. The first-order chi connectivity index (χ1) is 9.22. The second-order valence-electron chi connectivity index (χ2n) is 4.78. The van der Waals surface area contributed by atoms with Gasteiger partial charge in [-0.2, -0.15) is 5.26 Å². The number of esters is 1. The van der Waals surface area contributed by atoms with Gasteiger partial charge in [-0.05, 0) is 25.3 Å². The van der Waals surface area contributed by atoms with Crippen molar-refractivity contribution in [3.05, 3.63) is 35.9 Å². The third-order valence-electron chi connectivity index (χ3n) is 2.98. The van der Waals surface area contributed by atoms with Gasteiger partial charge < -0.3 is 4.74 Å². The lowest BCUT2D eigenvalue weighted by Gasteiger charge is -2.05. The highest BCUT2D eigenvalue weighted by Crippen LogP contribution is 2.10. The Kier molecular flexibility index (Phi) is 7.34. The molecule has 0 aliphatic rings. The number of benzene rings is 1. The first-order valence-electron chi connectivity index (χ1n) is 6.81. The molecular formula is C16H21NO2. The lowest BCUT2D eigenvalue weighted by molar-refractivity contribution is -0.145. The van der Waals surface area contributed by atoms with Crippen LogP contribution in [0, 0.1) is 17.2 Å². The molecule has 0 spiro atoms. The molecular weight excluding hydrogens is 238 g/mol. The van der Waals surface area contributed by atoms with Crippen LogP contribution in [0.2, 0.25) is 0 Å². The first kappa shape index (κ1) is 15.2. The maximum Gasteiger partial charge on any atom is 0.306 e. The molecule has 1 unspecified atom stereocenters. The Morgan fingerprint density at radius 3 is 2.68 bits per heavy atom. The fraction of sp³-hybridized carbons (Fsp3) is 0.500. The van der Waals surface area contributed by atoms with Crippen molar-refractivity contribution in [3.63, 3.8) is 0 Å². The van der Waals surface area contributed by atoms with E-state index in [1.807, 2.05) is 37.3 Å². The topological polar surface area (TPSA) is 50.1 Å². The van der Waals surface area contributed by atoms with Crippen LogP contribution in [0.1, 0.15) is 44.6 Å². The molecule has 1 aromatic rings. The van der Waals surface area contributed by atoms with Crippen molar-refractivity contribution < 1.29 is 9.53 Å². The summed E-state index contributed by atoms with van der Waals surface area (Å²) in [5.74, 6) is -0.0257. The average molecular weight is 259 g/mol. The maximum atomic E-state index is 11.5. The van der Waals surface area contributed by atoms with Crippen LogP contribution in [0.5, 0.6) is 0 Å². The Labute approximate surface area is 115 Å². The molecule has 3 heteroatoms. The number of hydrogen-bond donors (Lipinski definition) is 0. The minimum atomic E-state index is -0.141. The molecule has 1 atom stereocenters. The van der Waals surface area contributed by atoms with E-state index in [0.717, 1.165) is 31.2 Å². The Balaban J connectivity index is 2.04. The summed E-state index contributed by atoms with van der Waals surface area (Å²) in [6, 6.07) is 11.9. The lowest BCUT2D eigenvalue weighted by atomic mass is 10.0. The molecule has 0 N–H and O–H groups in total. The minimum Gasteiger partial charge on any atom is -0.461 e. The zero-order chi connectivity index (χ0) is 13.9. The van der Waals surface area contributed by atoms with Crippen LogP contribution in [-0.4, -0.2) is 5.97 Å². The molecule has 0 bridgehead atoms. The first-order valence-corrected chi connectivity index (χ1v) is 6.81. The van der Waals surface area contributed by atoms with Crippen molar-refractivity contribution in [2.75, 3.05) is 0 Å². The molecule has 0 aromatic heterocycles. The number of unbranched alkanes of at least 4 members (excludes halogenated alkanes) is 2. The van der Waals surface area contributed by atoms with Crippen LogP contribution in [0.25, 0.3) is 0 Å². The van der Waals surface area contributed by atoms with Crippen LogP contribution in [-0.2, 0) is 16.1 Å². The summed E-state index contributed by atoms with van der Waals surface area (Å²) in [4.78, 5) is 11.5. The Hall–Kier alpha value is -1.82. The molecule has 0 radical (unpaired) electrons. The van der Waals surface area contributed by atoms with E-state index in [1.165, 1.54) is 0 Å². The van der Waals surface area contributed by atoms with Gasteiger partial charge in [-0.3, -0.25) is 4.79 Å². The van der Waals surface area contributed by atoms with Gasteiger partial charge in [0.1, 0.15) is 6.61 Å². The fourth-order valence-electron chi connectivity index (χ4n) is 1.77. The second kappa shape index (κ2) is 9.16. The van der Waals surface area contributed by atoms with Gasteiger partial charge >= 0.3 is 5.97 Å². The molecule has 0 aliphatic carbocycles. The van der Waals surface area contributed by atoms with Gasteiger partial charge in [0.05, 0.1) is 6.07 Å². The maximum absolute atomic E-state index is 11.5. The van der Waals surface area contributed by atoms with E-state index >= 15 is 0 Å². The summed E-state index contributed by atoms with van der Waals surface area (Å²) in [6.45, 7) is 2.28. The Morgan fingerprint density at radius 1 is 1.26 bits per heavy atom. The van der Waals surface area contributed by atoms with Gasteiger partial charge in [-0.25, -0.2) is 0 Å². The van der Waals surface area contributed by atoms with Crippen LogP contribution < -0.4 is 0 Å². The van der Waals surface area contributed by atoms with Gasteiger partial charge in [-0.15, -0.1) is 0 Å². The Morgan fingerprint density at radius 2 is 2.00 bits per heavy atom. The molecule has 3 nitrogen and oxygen atoms in total. The quantitative estimate of drug-likeness (QED) is 0.526. The predicted octanol–water partition coefficient (Wildman–Crippen LogP) is 3.84. The molecule has 102 valence electrons. The van der Waals surface area contributed by atoms with E-state index in [4.69, 9.17) is 10.00 Å². The van der Waals surface area contributed by atoms with E-state index in [2.05, 4.69) is 6.07 Å². The highest BCUT2D eigenvalue weighted by atomic mass is 16.5. The van der Waals surface area contributed by atoms with Crippen molar-refractivity contribution in [1.29, 1.82) is 5.26 Å². The molecule has 19 heavy (non-hydrogen) atoms. The van der Waals surface area contributed by atoms with E-state index in [0.29, 0.717) is 13.0 Å². The molecule has 0 fully saturated rings. The largest absolute Gasteiger partial charge is 0.461 e. The Bertz CT molecular complexity index is 409. The van der Waals surface area contributed by atoms with Crippen LogP contribution >= 0.6 is 0 Å². The summed E-state index contributed by atoms with van der Waals surface area (Å²) < 4.78 is 5.19. The van der Waals surface area contributed by atoms with Gasteiger partial charge in [0.25, 0.3) is 0 Å². The number of nitrogens with zero attached hydrogens (tertiary/aromatic N) is 1. The third-order valence-corrected chi connectivity index (χ3v) is 2.98. The number of carbonyl (C=O) groups is 1. The number of nitriles is 1. The van der Waals surface area contributed by atoms with Crippen molar-refractivity contribution in [3.8, 4) is 6.07 Å². The van der Waals surface area contributed by atoms with Gasteiger partial charge in [0, 0.05) is 12.3 Å².